The van der Waals surface area contributed by atoms with Crippen molar-refractivity contribution in [3.8, 4) is 0 Å². The number of hydrogen-bond acceptors (Lipinski definition) is 5. The molecular formula is C13H26O5Si. The van der Waals surface area contributed by atoms with Crippen LogP contribution in [0.1, 0.15) is 25.7 Å². The van der Waals surface area contributed by atoms with E-state index in [4.69, 9.17) is 22.8 Å². The Balaban J connectivity index is 1.53. The normalized spacial score (nSPS) is 30.2. The summed E-state index contributed by atoms with van der Waals surface area (Å²) < 4.78 is 27.4. The van der Waals surface area contributed by atoms with Gasteiger partial charge in [0.05, 0.1) is 12.2 Å². The molecule has 0 aromatic rings. The van der Waals surface area contributed by atoms with Crippen LogP contribution in [0.4, 0.5) is 0 Å². The van der Waals surface area contributed by atoms with Gasteiger partial charge < -0.3 is 22.8 Å². The highest BCUT2D eigenvalue weighted by molar-refractivity contribution is 6.60. The summed E-state index contributed by atoms with van der Waals surface area (Å²) in [6, 6.07) is 0.801. The van der Waals surface area contributed by atoms with Gasteiger partial charge in [-0.2, -0.15) is 0 Å². The first-order valence-electron chi connectivity index (χ1n) is 7.11. The van der Waals surface area contributed by atoms with Crippen LogP contribution in [0, 0.1) is 5.92 Å². The molecule has 112 valence electrons. The summed E-state index contributed by atoms with van der Waals surface area (Å²) in [5, 5.41) is 0. The summed E-state index contributed by atoms with van der Waals surface area (Å²) in [5.74, 6) is 0.679. The topological polar surface area (TPSA) is 49.5 Å². The number of rotatable bonds is 9. The number of epoxide rings is 1. The first kappa shape index (κ1) is 15.4. The first-order chi connectivity index (χ1) is 9.23. The van der Waals surface area contributed by atoms with Crippen LogP contribution in [-0.4, -0.2) is 55.6 Å². The molecule has 2 rings (SSSR count). The summed E-state index contributed by atoms with van der Waals surface area (Å²) in [7, 11) is 2.53. The predicted octanol–water partition coefficient (Wildman–Crippen LogP) is 1.84. The van der Waals surface area contributed by atoms with Crippen LogP contribution >= 0.6 is 0 Å². The number of ether oxygens (including phenoxy) is 2. The Morgan fingerprint density at radius 1 is 1.05 bits per heavy atom. The molecule has 0 aromatic heterocycles. The number of hydrogen-bond donors (Lipinski definition) is 0. The molecule has 1 aliphatic carbocycles. The van der Waals surface area contributed by atoms with Gasteiger partial charge in [0.15, 0.2) is 0 Å². The van der Waals surface area contributed by atoms with E-state index in [9.17, 15) is 0 Å². The van der Waals surface area contributed by atoms with Crippen LogP contribution in [0.2, 0.25) is 6.04 Å². The van der Waals surface area contributed by atoms with Crippen LogP contribution < -0.4 is 0 Å². The van der Waals surface area contributed by atoms with E-state index in [1.54, 1.807) is 21.3 Å². The molecule has 2 aliphatic rings. The lowest BCUT2D eigenvalue weighted by atomic mass is 9.90. The van der Waals surface area contributed by atoms with Gasteiger partial charge in [-0.1, -0.05) is 0 Å². The monoisotopic (exact) mass is 290 g/mol. The Morgan fingerprint density at radius 3 is 2.42 bits per heavy atom. The Morgan fingerprint density at radius 2 is 1.79 bits per heavy atom. The van der Waals surface area contributed by atoms with Gasteiger partial charge in [-0.05, 0) is 31.6 Å². The number of fused-ring (bicyclic) bond motifs is 1. The highest BCUT2D eigenvalue weighted by atomic mass is 28.4. The van der Waals surface area contributed by atoms with Crippen molar-refractivity contribution in [2.24, 2.45) is 5.92 Å². The van der Waals surface area contributed by atoms with Crippen molar-refractivity contribution >= 4 is 8.80 Å². The molecule has 0 radical (unpaired) electrons. The molecule has 0 aromatic carbocycles. The maximum atomic E-state index is 5.77. The molecule has 0 N–H and O–H groups in total. The fourth-order valence-corrected chi connectivity index (χ4v) is 4.52. The fourth-order valence-electron chi connectivity index (χ4n) is 2.84. The zero-order valence-electron chi connectivity index (χ0n) is 12.2. The molecule has 19 heavy (non-hydrogen) atoms. The third-order valence-electron chi connectivity index (χ3n) is 4.17. The Labute approximate surface area is 116 Å². The SMILES string of the molecule is CO[Si](CCCOCC1CCC2OC2C1)(OC)OC. The van der Waals surface area contributed by atoms with Gasteiger partial charge >= 0.3 is 8.80 Å². The molecule has 0 bridgehead atoms. The molecule has 1 aliphatic heterocycles. The average Bonchev–Trinajstić information content (AvgIpc) is 3.22. The van der Waals surface area contributed by atoms with Crippen LogP contribution in [0.25, 0.3) is 0 Å². The smallest absolute Gasteiger partial charge is 0.381 e. The lowest BCUT2D eigenvalue weighted by Crippen LogP contribution is -2.42. The van der Waals surface area contributed by atoms with Gasteiger partial charge in [-0.3, -0.25) is 0 Å². The molecule has 0 spiro atoms. The molecule has 0 amide bonds. The molecule has 1 heterocycles. The van der Waals surface area contributed by atoms with Crippen molar-refractivity contribution in [3.63, 3.8) is 0 Å². The summed E-state index contributed by atoms with van der Waals surface area (Å²) >= 11 is 0. The summed E-state index contributed by atoms with van der Waals surface area (Å²) in [6.07, 6.45) is 5.67. The standard InChI is InChI=1S/C13H26O5Si/c1-14-19(15-2,16-3)8-4-7-17-10-11-5-6-12-13(9-11)18-12/h11-13H,4-10H2,1-3H3. The fraction of sp³-hybridized carbons (Fsp3) is 1.00. The van der Waals surface area contributed by atoms with Crippen molar-refractivity contribution < 1.29 is 22.8 Å². The van der Waals surface area contributed by atoms with E-state index in [2.05, 4.69) is 0 Å². The average molecular weight is 290 g/mol. The van der Waals surface area contributed by atoms with Gasteiger partial charge in [0.2, 0.25) is 0 Å². The lowest BCUT2D eigenvalue weighted by molar-refractivity contribution is 0.0807. The predicted molar refractivity (Wildman–Crippen MR) is 73.0 cm³/mol. The lowest BCUT2D eigenvalue weighted by Gasteiger charge is -2.24. The van der Waals surface area contributed by atoms with Gasteiger partial charge in [0, 0.05) is 40.6 Å². The van der Waals surface area contributed by atoms with E-state index < -0.39 is 8.80 Å². The van der Waals surface area contributed by atoms with Crippen molar-refractivity contribution in [3.05, 3.63) is 0 Å². The third-order valence-corrected chi connectivity index (χ3v) is 7.00. The molecule has 1 saturated carbocycles. The van der Waals surface area contributed by atoms with Crippen LogP contribution in [0.15, 0.2) is 0 Å². The van der Waals surface area contributed by atoms with Crippen LogP contribution in [-0.2, 0) is 22.8 Å². The first-order valence-corrected chi connectivity index (χ1v) is 9.05. The largest absolute Gasteiger partial charge is 0.500 e. The van der Waals surface area contributed by atoms with Crippen molar-refractivity contribution in [1.29, 1.82) is 0 Å². The van der Waals surface area contributed by atoms with Crippen LogP contribution in [0.3, 0.4) is 0 Å². The minimum Gasteiger partial charge on any atom is -0.381 e. The summed E-state index contributed by atoms with van der Waals surface area (Å²) in [6.45, 7) is 1.60. The summed E-state index contributed by atoms with van der Waals surface area (Å²) in [4.78, 5) is 0. The molecular weight excluding hydrogens is 264 g/mol. The second-order valence-electron chi connectivity index (χ2n) is 5.37. The zero-order chi connectivity index (χ0) is 13.7. The highest BCUT2D eigenvalue weighted by Crippen LogP contribution is 2.39. The molecule has 5 nitrogen and oxygen atoms in total. The van der Waals surface area contributed by atoms with Crippen molar-refractivity contribution in [2.45, 2.75) is 43.9 Å². The molecule has 1 saturated heterocycles. The van der Waals surface area contributed by atoms with E-state index in [0.717, 1.165) is 25.7 Å². The van der Waals surface area contributed by atoms with E-state index in [-0.39, 0.29) is 0 Å². The van der Waals surface area contributed by atoms with Gasteiger partial charge in [0.1, 0.15) is 0 Å². The second kappa shape index (κ2) is 7.15. The molecule has 3 atom stereocenters. The van der Waals surface area contributed by atoms with E-state index >= 15 is 0 Å². The minimum absolute atomic E-state index is 0.540. The van der Waals surface area contributed by atoms with Crippen LogP contribution in [0.5, 0.6) is 0 Å². The van der Waals surface area contributed by atoms with Gasteiger partial charge in [-0.15, -0.1) is 0 Å². The highest BCUT2D eigenvalue weighted by Gasteiger charge is 2.43. The van der Waals surface area contributed by atoms with E-state index in [1.807, 2.05) is 0 Å². The zero-order valence-corrected chi connectivity index (χ0v) is 13.2. The van der Waals surface area contributed by atoms with Gasteiger partial charge in [0.25, 0.3) is 0 Å². The van der Waals surface area contributed by atoms with E-state index in [1.165, 1.54) is 19.3 Å². The maximum Gasteiger partial charge on any atom is 0.500 e. The molecule has 2 fully saturated rings. The Kier molecular flexibility index (Phi) is 5.80. The van der Waals surface area contributed by atoms with Crippen molar-refractivity contribution in [1.82, 2.24) is 0 Å². The third kappa shape index (κ3) is 4.24. The quantitative estimate of drug-likeness (QED) is 0.368. The van der Waals surface area contributed by atoms with Crippen molar-refractivity contribution in [2.75, 3.05) is 34.5 Å². The minimum atomic E-state index is -2.41. The summed E-state index contributed by atoms with van der Waals surface area (Å²) in [5.41, 5.74) is 0. The Bertz CT molecular complexity index is 263. The molecule has 3 unspecified atom stereocenters. The van der Waals surface area contributed by atoms with E-state index in [0.29, 0.717) is 18.1 Å². The Hall–Kier alpha value is 0.0169. The molecule has 6 heteroatoms. The maximum absolute atomic E-state index is 5.77. The second-order valence-corrected chi connectivity index (χ2v) is 8.46. The van der Waals surface area contributed by atoms with Gasteiger partial charge in [-0.25, -0.2) is 0 Å².